The van der Waals surface area contributed by atoms with Crippen molar-refractivity contribution in [2.45, 2.75) is 0 Å². The van der Waals surface area contributed by atoms with Gasteiger partial charge in [0.2, 0.25) is 0 Å². The molecule has 64 valence electrons. The lowest BCUT2D eigenvalue weighted by Crippen LogP contribution is -1.79. The Morgan fingerprint density at radius 2 is 2.31 bits per heavy atom. The Morgan fingerprint density at radius 3 is 2.77 bits per heavy atom. The van der Waals surface area contributed by atoms with Gasteiger partial charge in [-0.05, 0) is 40.3 Å². The lowest BCUT2D eigenvalue weighted by molar-refractivity contribution is 1.42. The van der Waals surface area contributed by atoms with E-state index in [0.717, 1.165) is 0 Å². The van der Waals surface area contributed by atoms with Crippen LogP contribution in [0.2, 0.25) is 5.02 Å². The zero-order chi connectivity index (χ0) is 9.84. The van der Waals surface area contributed by atoms with Gasteiger partial charge in [0.05, 0.1) is 22.3 Å². The summed E-state index contributed by atoms with van der Waals surface area (Å²) >= 11 is 7.73. The van der Waals surface area contributed by atoms with Gasteiger partial charge < -0.3 is 0 Å². The first kappa shape index (κ1) is 10.1. The second-order valence-corrected chi connectivity index (χ2v) is 3.66. The summed E-state index contributed by atoms with van der Waals surface area (Å²) in [7, 11) is 0. The summed E-state index contributed by atoms with van der Waals surface area (Å²) in [6.07, 6.45) is 0. The molecule has 1 rings (SSSR count). The van der Waals surface area contributed by atoms with Crippen molar-refractivity contribution in [1.82, 2.24) is 0 Å². The number of azide groups is 1. The van der Waals surface area contributed by atoms with Gasteiger partial charge in [0.15, 0.2) is 0 Å². The van der Waals surface area contributed by atoms with Crippen molar-refractivity contribution in [1.29, 1.82) is 5.26 Å². The predicted octanol–water partition coefficient (Wildman–Crippen LogP) is 3.76. The SMILES string of the molecule is N#Cc1cc(Cl)c(N=[N+]=[N-])c(I)c1. The number of halogens is 2. The number of nitriles is 1. The molecule has 0 heterocycles. The average molecular weight is 304 g/mol. The molecule has 0 saturated carbocycles. The Morgan fingerprint density at radius 1 is 1.62 bits per heavy atom. The number of hydrogen-bond acceptors (Lipinski definition) is 2. The molecule has 6 heteroatoms. The molecule has 0 unspecified atom stereocenters. The zero-order valence-corrected chi connectivity index (χ0v) is 9.11. The fourth-order valence-corrected chi connectivity index (χ4v) is 1.92. The summed E-state index contributed by atoms with van der Waals surface area (Å²) in [5.74, 6) is 0. The molecule has 0 N–H and O–H groups in total. The number of hydrogen-bond donors (Lipinski definition) is 0. The highest BCUT2D eigenvalue weighted by Crippen LogP contribution is 2.31. The van der Waals surface area contributed by atoms with Crippen molar-refractivity contribution in [3.8, 4) is 6.07 Å². The van der Waals surface area contributed by atoms with E-state index in [1.807, 2.05) is 28.7 Å². The lowest BCUT2D eigenvalue weighted by Gasteiger charge is -2.00. The zero-order valence-electron chi connectivity index (χ0n) is 6.20. The van der Waals surface area contributed by atoms with Crippen LogP contribution < -0.4 is 0 Å². The molecular formula is C7H2ClIN4. The first-order chi connectivity index (χ1) is 6.19. The van der Waals surface area contributed by atoms with E-state index >= 15 is 0 Å². The van der Waals surface area contributed by atoms with Crippen LogP contribution in [0, 0.1) is 14.9 Å². The molecule has 0 amide bonds. The van der Waals surface area contributed by atoms with E-state index in [4.69, 9.17) is 22.4 Å². The van der Waals surface area contributed by atoms with E-state index in [1.54, 1.807) is 6.07 Å². The van der Waals surface area contributed by atoms with Crippen LogP contribution in [0.15, 0.2) is 17.2 Å². The first-order valence-electron chi connectivity index (χ1n) is 3.13. The normalized spacial score (nSPS) is 8.69. The highest BCUT2D eigenvalue weighted by atomic mass is 127. The quantitative estimate of drug-likeness (QED) is 0.337. The van der Waals surface area contributed by atoms with Crippen molar-refractivity contribution in [2.75, 3.05) is 0 Å². The molecule has 0 aliphatic carbocycles. The largest absolute Gasteiger partial charge is 0.192 e. The van der Waals surface area contributed by atoms with Crippen LogP contribution in [0.4, 0.5) is 5.69 Å². The molecule has 0 aliphatic heterocycles. The molecule has 1 aromatic rings. The van der Waals surface area contributed by atoms with Gasteiger partial charge >= 0.3 is 0 Å². The van der Waals surface area contributed by atoms with Gasteiger partial charge in [0.25, 0.3) is 0 Å². The van der Waals surface area contributed by atoms with E-state index < -0.39 is 0 Å². The van der Waals surface area contributed by atoms with Crippen LogP contribution in [0.5, 0.6) is 0 Å². The van der Waals surface area contributed by atoms with Crippen LogP contribution >= 0.6 is 34.2 Å². The lowest BCUT2D eigenvalue weighted by atomic mass is 10.2. The van der Waals surface area contributed by atoms with Gasteiger partial charge in [-0.15, -0.1) is 0 Å². The minimum Gasteiger partial charge on any atom is -0.192 e. The summed E-state index contributed by atoms with van der Waals surface area (Å²) in [6, 6.07) is 5.03. The minimum atomic E-state index is 0.293. The summed E-state index contributed by atoms with van der Waals surface area (Å²) in [5, 5.41) is 12.3. The molecule has 0 spiro atoms. The van der Waals surface area contributed by atoms with Crippen LogP contribution in [0.3, 0.4) is 0 Å². The van der Waals surface area contributed by atoms with Crippen molar-refractivity contribution >= 4 is 39.9 Å². The first-order valence-corrected chi connectivity index (χ1v) is 4.59. The molecule has 0 fully saturated rings. The third-order valence-electron chi connectivity index (χ3n) is 1.29. The number of benzene rings is 1. The maximum Gasteiger partial charge on any atom is 0.0992 e. The Kier molecular flexibility index (Phi) is 3.37. The van der Waals surface area contributed by atoms with E-state index in [-0.39, 0.29) is 0 Å². The Hall–Kier alpha value is -0.960. The maximum absolute atomic E-state index is 8.59. The van der Waals surface area contributed by atoms with E-state index in [2.05, 4.69) is 10.0 Å². The molecule has 0 aromatic heterocycles. The summed E-state index contributed by atoms with van der Waals surface area (Å²) < 4.78 is 0.666. The van der Waals surface area contributed by atoms with Gasteiger partial charge in [-0.25, -0.2) is 0 Å². The van der Waals surface area contributed by atoms with Gasteiger partial charge in [0, 0.05) is 8.48 Å². The molecule has 4 nitrogen and oxygen atoms in total. The number of nitrogens with zero attached hydrogens (tertiary/aromatic N) is 4. The summed E-state index contributed by atoms with van der Waals surface area (Å²) in [5.41, 5.74) is 9.04. The van der Waals surface area contributed by atoms with Gasteiger partial charge in [-0.1, -0.05) is 16.7 Å². The van der Waals surface area contributed by atoms with E-state index in [1.165, 1.54) is 6.07 Å². The Labute approximate surface area is 92.9 Å². The fourth-order valence-electron chi connectivity index (χ4n) is 0.770. The third kappa shape index (κ3) is 2.25. The summed E-state index contributed by atoms with van der Waals surface area (Å²) in [6.45, 7) is 0. The molecule has 0 saturated heterocycles. The molecule has 0 aliphatic rings. The minimum absolute atomic E-state index is 0.293. The molecule has 0 atom stereocenters. The van der Waals surface area contributed by atoms with Gasteiger partial charge in [-0.2, -0.15) is 5.26 Å². The molecular weight excluding hydrogens is 302 g/mol. The van der Waals surface area contributed by atoms with E-state index in [0.29, 0.717) is 19.8 Å². The molecule has 0 bridgehead atoms. The van der Waals surface area contributed by atoms with E-state index in [9.17, 15) is 0 Å². The maximum atomic E-state index is 8.59. The van der Waals surface area contributed by atoms with Crippen LogP contribution in [0.1, 0.15) is 5.56 Å². The molecule has 0 radical (unpaired) electrons. The smallest absolute Gasteiger partial charge is 0.0992 e. The van der Waals surface area contributed by atoms with Crippen LogP contribution in [-0.4, -0.2) is 0 Å². The monoisotopic (exact) mass is 304 g/mol. The highest BCUT2D eigenvalue weighted by Gasteiger charge is 2.05. The second kappa shape index (κ2) is 4.33. The highest BCUT2D eigenvalue weighted by molar-refractivity contribution is 14.1. The predicted molar refractivity (Wildman–Crippen MR) is 57.7 cm³/mol. The topological polar surface area (TPSA) is 72.5 Å². The Bertz CT molecular complexity index is 408. The average Bonchev–Trinajstić information content (AvgIpc) is 2.11. The van der Waals surface area contributed by atoms with Crippen LogP contribution in [-0.2, 0) is 0 Å². The Balaban J connectivity index is 3.41. The fraction of sp³-hybridized carbons (Fsp3) is 0. The summed E-state index contributed by atoms with van der Waals surface area (Å²) in [4.78, 5) is 2.64. The van der Waals surface area contributed by atoms with Gasteiger partial charge in [-0.3, -0.25) is 0 Å². The third-order valence-corrected chi connectivity index (χ3v) is 2.40. The van der Waals surface area contributed by atoms with Gasteiger partial charge in [0.1, 0.15) is 0 Å². The molecule has 1 aromatic carbocycles. The number of rotatable bonds is 1. The second-order valence-electron chi connectivity index (χ2n) is 2.09. The molecule has 13 heavy (non-hydrogen) atoms. The van der Waals surface area contributed by atoms with Crippen molar-refractivity contribution in [3.05, 3.63) is 36.7 Å². The standard InChI is InChI=1S/C7H2ClIN4/c8-5-1-4(3-10)2-6(9)7(5)12-13-11/h1-2H. The van der Waals surface area contributed by atoms with Crippen LogP contribution in [0.25, 0.3) is 10.4 Å². The van der Waals surface area contributed by atoms with Crippen molar-refractivity contribution in [2.24, 2.45) is 5.11 Å². The van der Waals surface area contributed by atoms with Crippen molar-refractivity contribution < 1.29 is 0 Å². The van der Waals surface area contributed by atoms with Crippen molar-refractivity contribution in [3.63, 3.8) is 0 Å².